The highest BCUT2D eigenvalue weighted by Crippen LogP contribution is 2.36. The molecule has 3 aromatic heterocycles. The van der Waals surface area contributed by atoms with Gasteiger partial charge in [0.25, 0.3) is 5.91 Å². The zero-order valence-electron chi connectivity index (χ0n) is 25.3. The third kappa shape index (κ3) is 6.76. The minimum absolute atomic E-state index is 0.142. The van der Waals surface area contributed by atoms with Gasteiger partial charge in [-0.15, -0.1) is 11.3 Å². The zero-order valence-corrected chi connectivity index (χ0v) is 26.1. The van der Waals surface area contributed by atoms with Gasteiger partial charge in [0.2, 0.25) is 5.43 Å². The largest absolute Gasteiger partial charge is 0.345 e. The van der Waals surface area contributed by atoms with Crippen molar-refractivity contribution in [3.63, 3.8) is 0 Å². The number of thiazole rings is 1. The molecule has 1 aliphatic heterocycles. The molecule has 0 aliphatic carbocycles. The number of nitrogens with zero attached hydrogens (tertiary/aromatic N) is 6. The molecule has 2 N–H and O–H groups in total. The van der Waals surface area contributed by atoms with Crippen LogP contribution in [0.3, 0.4) is 0 Å². The minimum atomic E-state index is -0.343. The van der Waals surface area contributed by atoms with Crippen LogP contribution in [-0.4, -0.2) is 102 Å². The Kier molecular flexibility index (Phi) is 9.19. The van der Waals surface area contributed by atoms with E-state index in [-0.39, 0.29) is 22.9 Å². The van der Waals surface area contributed by atoms with Crippen molar-refractivity contribution in [2.45, 2.75) is 20.4 Å². The Morgan fingerprint density at radius 2 is 1.84 bits per heavy atom. The summed E-state index contributed by atoms with van der Waals surface area (Å²) in [4.78, 5) is 54.4. The first-order valence-corrected chi connectivity index (χ1v) is 15.3. The molecule has 0 atom stereocenters. The SMILES string of the molecule is CCNC(=O)Nc1cc(-c2nc(C)cs2)c(-c2ccc3c(c2)c(=O)c(C(=O)N(C)C)cn3CCN2CCN(C)CC2)cn1. The van der Waals surface area contributed by atoms with Gasteiger partial charge in [-0.2, -0.15) is 0 Å². The summed E-state index contributed by atoms with van der Waals surface area (Å²) >= 11 is 1.50. The van der Waals surface area contributed by atoms with E-state index in [1.54, 1.807) is 32.6 Å². The van der Waals surface area contributed by atoms with Gasteiger partial charge >= 0.3 is 6.03 Å². The molecule has 0 spiro atoms. The Hall–Kier alpha value is -4.13. The Balaban J connectivity index is 1.60. The van der Waals surface area contributed by atoms with Crippen LogP contribution in [0, 0.1) is 6.92 Å². The lowest BCUT2D eigenvalue weighted by molar-refractivity contribution is 0.0825. The molecule has 1 saturated heterocycles. The Morgan fingerprint density at radius 1 is 1.07 bits per heavy atom. The van der Waals surface area contributed by atoms with Crippen LogP contribution in [-0.2, 0) is 6.54 Å². The number of aromatic nitrogens is 3. The molecule has 1 fully saturated rings. The number of hydrogen-bond donors (Lipinski definition) is 2. The molecule has 12 heteroatoms. The molecular formula is C31H38N8O3S. The highest BCUT2D eigenvalue weighted by atomic mass is 32.1. The second kappa shape index (κ2) is 13.0. The molecule has 4 heterocycles. The number of carbonyl (C=O) groups excluding carboxylic acids is 2. The number of carbonyl (C=O) groups is 2. The first-order chi connectivity index (χ1) is 20.6. The average Bonchev–Trinajstić information content (AvgIpc) is 3.43. The van der Waals surface area contributed by atoms with E-state index in [2.05, 4.69) is 37.4 Å². The summed E-state index contributed by atoms with van der Waals surface area (Å²) in [5.74, 6) is 0.0653. The number of likely N-dealkylation sites (N-methyl/N-ethyl adjacent to an activating group) is 1. The quantitative estimate of drug-likeness (QED) is 0.317. The molecule has 226 valence electrons. The number of anilines is 1. The van der Waals surface area contributed by atoms with Crippen molar-refractivity contribution in [2.24, 2.45) is 0 Å². The minimum Gasteiger partial charge on any atom is -0.345 e. The molecule has 3 amide bonds. The van der Waals surface area contributed by atoms with Gasteiger partial charge < -0.3 is 19.7 Å². The van der Waals surface area contributed by atoms with Crippen molar-refractivity contribution >= 4 is 40.0 Å². The molecule has 1 aliphatic rings. The average molecular weight is 603 g/mol. The van der Waals surface area contributed by atoms with Crippen LogP contribution in [0.2, 0.25) is 0 Å². The van der Waals surface area contributed by atoms with Gasteiger partial charge in [0.1, 0.15) is 16.4 Å². The van der Waals surface area contributed by atoms with Crippen LogP contribution in [0.5, 0.6) is 0 Å². The van der Waals surface area contributed by atoms with Gasteiger partial charge in [0.05, 0.1) is 5.52 Å². The molecule has 5 rings (SSSR count). The first kappa shape index (κ1) is 30.3. The highest BCUT2D eigenvalue weighted by molar-refractivity contribution is 7.13. The maximum absolute atomic E-state index is 13.8. The molecule has 0 unspecified atom stereocenters. The summed E-state index contributed by atoms with van der Waals surface area (Å²) in [6.45, 7) is 9.75. The van der Waals surface area contributed by atoms with Crippen molar-refractivity contribution in [3.05, 3.63) is 63.5 Å². The number of nitrogens with one attached hydrogen (secondary N) is 2. The van der Waals surface area contributed by atoms with Crippen LogP contribution >= 0.6 is 11.3 Å². The molecule has 11 nitrogen and oxygen atoms in total. The number of piperazine rings is 1. The maximum Gasteiger partial charge on any atom is 0.320 e. The van der Waals surface area contributed by atoms with Crippen LogP contribution in [0.4, 0.5) is 10.6 Å². The number of urea groups is 1. The lowest BCUT2D eigenvalue weighted by Crippen LogP contribution is -2.45. The van der Waals surface area contributed by atoms with E-state index in [0.29, 0.717) is 24.3 Å². The summed E-state index contributed by atoms with van der Waals surface area (Å²) in [5, 5.41) is 8.69. The number of fused-ring (bicyclic) bond motifs is 1. The highest BCUT2D eigenvalue weighted by Gasteiger charge is 2.20. The lowest BCUT2D eigenvalue weighted by Gasteiger charge is -2.32. The fourth-order valence-corrected chi connectivity index (χ4v) is 6.02. The normalized spacial score (nSPS) is 14.2. The van der Waals surface area contributed by atoms with Gasteiger partial charge in [0, 0.05) is 99.9 Å². The third-order valence-electron chi connectivity index (χ3n) is 7.61. The van der Waals surface area contributed by atoms with E-state index < -0.39 is 0 Å². The standard InChI is InChI=1S/C31H38N8O3S/c1-6-32-31(42)35-27-16-22(29-34-20(2)19-43-29)24(17-33-27)21-7-8-26-23(15-21)28(40)25(30(41)36(3)4)18-39(26)14-13-38-11-9-37(5)10-12-38/h7-8,15-19H,6,9-14H2,1-5H3,(H2,32,33,35,42). The predicted octanol–water partition coefficient (Wildman–Crippen LogP) is 3.59. The van der Waals surface area contributed by atoms with Crippen LogP contribution < -0.4 is 16.1 Å². The van der Waals surface area contributed by atoms with Crippen molar-refractivity contribution in [1.29, 1.82) is 0 Å². The molecule has 1 aromatic carbocycles. The fraction of sp³-hybridized carbons (Fsp3) is 0.387. The molecule has 0 saturated carbocycles. The summed E-state index contributed by atoms with van der Waals surface area (Å²) in [5.41, 5.74) is 3.82. The summed E-state index contributed by atoms with van der Waals surface area (Å²) < 4.78 is 2.03. The van der Waals surface area contributed by atoms with Gasteiger partial charge in [-0.05, 0) is 44.7 Å². The Morgan fingerprint density at radius 3 is 2.51 bits per heavy atom. The number of hydrogen-bond acceptors (Lipinski definition) is 8. The van der Waals surface area contributed by atoms with Crippen molar-refractivity contribution in [3.8, 4) is 21.7 Å². The Bertz CT molecular complexity index is 1710. The lowest BCUT2D eigenvalue weighted by atomic mass is 9.99. The van der Waals surface area contributed by atoms with Crippen molar-refractivity contribution in [2.75, 3.05) is 65.7 Å². The summed E-state index contributed by atoms with van der Waals surface area (Å²) in [7, 11) is 5.44. The zero-order chi connectivity index (χ0) is 30.7. The van der Waals surface area contributed by atoms with Crippen LogP contribution in [0.1, 0.15) is 23.0 Å². The molecule has 0 bridgehead atoms. The summed E-state index contributed by atoms with van der Waals surface area (Å²) in [6, 6.07) is 7.21. The molecule has 0 radical (unpaired) electrons. The monoisotopic (exact) mass is 602 g/mol. The van der Waals surface area contributed by atoms with Crippen LogP contribution in [0.15, 0.2) is 46.8 Å². The van der Waals surface area contributed by atoms with E-state index in [9.17, 15) is 14.4 Å². The van der Waals surface area contributed by atoms with Gasteiger partial charge in [-0.3, -0.25) is 19.8 Å². The molecular weight excluding hydrogens is 564 g/mol. The summed E-state index contributed by atoms with van der Waals surface area (Å²) in [6.07, 6.45) is 3.39. The molecule has 43 heavy (non-hydrogen) atoms. The Labute approximate surface area is 255 Å². The predicted molar refractivity (Wildman–Crippen MR) is 172 cm³/mol. The van der Waals surface area contributed by atoms with E-state index in [0.717, 1.165) is 65.6 Å². The van der Waals surface area contributed by atoms with Gasteiger partial charge in [0.15, 0.2) is 0 Å². The second-order valence-electron chi connectivity index (χ2n) is 11.0. The second-order valence-corrected chi connectivity index (χ2v) is 11.9. The number of amides is 3. The number of aryl methyl sites for hydroxylation is 1. The van der Waals surface area contributed by atoms with Crippen LogP contribution in [0.25, 0.3) is 32.6 Å². The van der Waals surface area contributed by atoms with E-state index in [1.165, 1.54) is 16.2 Å². The fourth-order valence-electron chi connectivity index (χ4n) is 5.19. The third-order valence-corrected chi connectivity index (χ3v) is 8.61. The van der Waals surface area contributed by atoms with Gasteiger partial charge in [-0.25, -0.2) is 14.8 Å². The topological polar surface area (TPSA) is 116 Å². The van der Waals surface area contributed by atoms with E-state index >= 15 is 0 Å². The van der Waals surface area contributed by atoms with E-state index in [1.807, 2.05) is 42.0 Å². The number of benzene rings is 1. The number of rotatable bonds is 8. The van der Waals surface area contributed by atoms with Gasteiger partial charge in [-0.1, -0.05) is 6.07 Å². The van der Waals surface area contributed by atoms with E-state index in [4.69, 9.17) is 0 Å². The first-order valence-electron chi connectivity index (χ1n) is 14.4. The number of pyridine rings is 2. The molecule has 4 aromatic rings. The van der Waals surface area contributed by atoms with Crippen molar-refractivity contribution < 1.29 is 9.59 Å². The smallest absolute Gasteiger partial charge is 0.320 e. The van der Waals surface area contributed by atoms with Crippen molar-refractivity contribution in [1.82, 2.24) is 34.6 Å². The maximum atomic E-state index is 13.8.